The van der Waals surface area contributed by atoms with Crippen LogP contribution in [0.15, 0.2) is 0 Å². The summed E-state index contributed by atoms with van der Waals surface area (Å²) in [6.07, 6.45) is 0.484. The Morgan fingerprint density at radius 3 is 1.89 bits per heavy atom. The van der Waals surface area contributed by atoms with E-state index in [1.54, 1.807) is 13.8 Å². The van der Waals surface area contributed by atoms with Crippen LogP contribution in [-0.2, 0) is 19.2 Å². The van der Waals surface area contributed by atoms with Gasteiger partial charge in [0.05, 0.1) is 6.04 Å². The van der Waals surface area contributed by atoms with Gasteiger partial charge in [-0.1, -0.05) is 27.7 Å². The smallest absolute Gasteiger partial charge is 0.327 e. The summed E-state index contributed by atoms with van der Waals surface area (Å²) in [5.74, 6) is -2.95. The standard InChI is InChI=1S/C17H32N4O5S/c1-8(2)6-11(18)15(23)21-13(9(3)4)16(24)19-10(5)14(22)20-12(7-27)17(25)26/h8-13,27H,6-7,18H2,1-5H3,(H,19,24)(H,20,22)(H,21,23)(H,25,26). The van der Waals surface area contributed by atoms with Gasteiger partial charge in [0.2, 0.25) is 17.7 Å². The Hall–Kier alpha value is -1.81. The zero-order valence-corrected chi connectivity index (χ0v) is 17.4. The Kier molecular flexibility index (Phi) is 11.0. The highest BCUT2D eigenvalue weighted by Crippen LogP contribution is 2.06. The SMILES string of the molecule is CC(C)CC(N)C(=O)NC(C(=O)NC(C)C(=O)NC(CS)C(=O)O)C(C)C. The molecule has 6 N–H and O–H groups in total. The van der Waals surface area contributed by atoms with Crippen molar-refractivity contribution in [2.45, 2.75) is 65.2 Å². The second kappa shape index (κ2) is 11.8. The summed E-state index contributed by atoms with van der Waals surface area (Å²) < 4.78 is 0. The van der Waals surface area contributed by atoms with E-state index in [1.165, 1.54) is 6.92 Å². The van der Waals surface area contributed by atoms with Crippen molar-refractivity contribution in [2.24, 2.45) is 17.6 Å². The first kappa shape index (κ1) is 25.2. The van der Waals surface area contributed by atoms with Gasteiger partial charge in [-0.15, -0.1) is 0 Å². The second-order valence-corrected chi connectivity index (χ2v) is 7.64. The third-order valence-corrected chi connectivity index (χ3v) is 4.22. The van der Waals surface area contributed by atoms with Crippen molar-refractivity contribution in [3.8, 4) is 0 Å². The van der Waals surface area contributed by atoms with Crippen LogP contribution in [0.5, 0.6) is 0 Å². The van der Waals surface area contributed by atoms with Crippen molar-refractivity contribution in [1.82, 2.24) is 16.0 Å². The number of carboxylic acids is 1. The monoisotopic (exact) mass is 404 g/mol. The predicted octanol–water partition coefficient (Wildman–Crippen LogP) is -0.495. The summed E-state index contributed by atoms with van der Waals surface area (Å²) in [7, 11) is 0. The highest BCUT2D eigenvalue weighted by Gasteiger charge is 2.29. The van der Waals surface area contributed by atoms with Gasteiger partial charge < -0.3 is 26.8 Å². The lowest BCUT2D eigenvalue weighted by Gasteiger charge is -2.25. The van der Waals surface area contributed by atoms with E-state index in [-0.39, 0.29) is 17.6 Å². The summed E-state index contributed by atoms with van der Waals surface area (Å²) in [5, 5.41) is 16.3. The minimum absolute atomic E-state index is 0.0832. The molecule has 0 heterocycles. The van der Waals surface area contributed by atoms with Crippen LogP contribution < -0.4 is 21.7 Å². The lowest BCUT2D eigenvalue weighted by Crippen LogP contribution is -2.57. The fraction of sp³-hybridized carbons (Fsp3) is 0.765. The second-order valence-electron chi connectivity index (χ2n) is 7.28. The van der Waals surface area contributed by atoms with Gasteiger partial charge in [0.15, 0.2) is 0 Å². The number of aliphatic carboxylic acids is 1. The Morgan fingerprint density at radius 2 is 1.48 bits per heavy atom. The van der Waals surface area contributed by atoms with Crippen LogP contribution in [0.3, 0.4) is 0 Å². The summed E-state index contributed by atoms with van der Waals surface area (Å²) >= 11 is 3.87. The quantitative estimate of drug-likeness (QED) is 0.256. The molecule has 0 aromatic heterocycles. The molecule has 0 rings (SSSR count). The molecule has 0 radical (unpaired) electrons. The number of nitrogens with one attached hydrogen (secondary N) is 3. The highest BCUT2D eigenvalue weighted by atomic mass is 32.1. The van der Waals surface area contributed by atoms with Crippen LogP contribution in [0.4, 0.5) is 0 Å². The molecule has 0 aliphatic rings. The van der Waals surface area contributed by atoms with E-state index >= 15 is 0 Å². The molecule has 0 aliphatic carbocycles. The molecule has 0 bridgehead atoms. The van der Waals surface area contributed by atoms with Crippen LogP contribution in [0.25, 0.3) is 0 Å². The molecule has 27 heavy (non-hydrogen) atoms. The number of amides is 3. The van der Waals surface area contributed by atoms with Gasteiger partial charge in [-0.05, 0) is 25.2 Å². The van der Waals surface area contributed by atoms with E-state index < -0.39 is 47.9 Å². The number of thiol groups is 1. The van der Waals surface area contributed by atoms with Crippen molar-refractivity contribution in [3.63, 3.8) is 0 Å². The Labute approximate surface area is 165 Å². The molecule has 10 heteroatoms. The topological polar surface area (TPSA) is 151 Å². The normalized spacial score (nSPS) is 15.6. The van der Waals surface area contributed by atoms with E-state index in [0.29, 0.717) is 6.42 Å². The van der Waals surface area contributed by atoms with Crippen LogP contribution in [0.2, 0.25) is 0 Å². The third-order valence-electron chi connectivity index (χ3n) is 3.86. The van der Waals surface area contributed by atoms with Gasteiger partial charge >= 0.3 is 5.97 Å². The predicted molar refractivity (Wildman–Crippen MR) is 105 cm³/mol. The maximum absolute atomic E-state index is 12.5. The van der Waals surface area contributed by atoms with Crippen LogP contribution in [-0.4, -0.2) is 58.7 Å². The maximum Gasteiger partial charge on any atom is 0.327 e. The molecule has 4 unspecified atom stereocenters. The lowest BCUT2D eigenvalue weighted by atomic mass is 10.00. The Balaban J connectivity index is 4.90. The van der Waals surface area contributed by atoms with E-state index in [0.717, 1.165) is 0 Å². The Morgan fingerprint density at radius 1 is 0.926 bits per heavy atom. The summed E-state index contributed by atoms with van der Waals surface area (Å²) in [4.78, 5) is 47.7. The molecule has 0 fully saturated rings. The average Bonchev–Trinajstić information content (AvgIpc) is 2.55. The van der Waals surface area contributed by atoms with Gasteiger partial charge in [0.1, 0.15) is 18.1 Å². The van der Waals surface area contributed by atoms with Gasteiger partial charge in [-0.3, -0.25) is 14.4 Å². The summed E-state index contributed by atoms with van der Waals surface area (Å²) in [6, 6.07) is -3.74. The summed E-state index contributed by atoms with van der Waals surface area (Å²) in [6.45, 7) is 8.81. The summed E-state index contributed by atoms with van der Waals surface area (Å²) in [5.41, 5.74) is 5.84. The fourth-order valence-electron chi connectivity index (χ4n) is 2.26. The molecular weight excluding hydrogens is 372 g/mol. The van der Waals surface area contributed by atoms with Crippen molar-refractivity contribution in [1.29, 1.82) is 0 Å². The molecular formula is C17H32N4O5S. The molecule has 0 aromatic carbocycles. The molecule has 3 amide bonds. The maximum atomic E-state index is 12.5. The fourth-order valence-corrected chi connectivity index (χ4v) is 2.51. The highest BCUT2D eigenvalue weighted by molar-refractivity contribution is 7.80. The lowest BCUT2D eigenvalue weighted by molar-refractivity contribution is -0.141. The van der Waals surface area contributed by atoms with E-state index in [1.807, 2.05) is 13.8 Å². The number of carbonyl (C=O) groups is 4. The van der Waals surface area contributed by atoms with Crippen LogP contribution >= 0.6 is 12.6 Å². The first-order valence-corrected chi connectivity index (χ1v) is 9.54. The van der Waals surface area contributed by atoms with Crippen molar-refractivity contribution in [2.75, 3.05) is 5.75 Å². The van der Waals surface area contributed by atoms with Gasteiger partial charge in [0, 0.05) is 5.75 Å². The first-order chi connectivity index (χ1) is 12.4. The first-order valence-electron chi connectivity index (χ1n) is 8.91. The van der Waals surface area contributed by atoms with E-state index in [2.05, 4.69) is 28.6 Å². The minimum atomic E-state index is -1.22. The minimum Gasteiger partial charge on any atom is -0.480 e. The number of carboxylic acid groups (broad SMARTS) is 1. The molecule has 0 spiro atoms. The van der Waals surface area contributed by atoms with Crippen molar-refractivity contribution >= 4 is 36.3 Å². The number of hydrogen-bond donors (Lipinski definition) is 6. The third kappa shape index (κ3) is 9.09. The van der Waals surface area contributed by atoms with Crippen molar-refractivity contribution < 1.29 is 24.3 Å². The zero-order valence-electron chi connectivity index (χ0n) is 16.5. The Bertz CT molecular complexity index is 541. The average molecular weight is 405 g/mol. The van der Waals surface area contributed by atoms with E-state index in [9.17, 15) is 19.2 Å². The number of carbonyl (C=O) groups excluding carboxylic acids is 3. The molecule has 0 aromatic rings. The molecule has 0 aliphatic heterocycles. The number of hydrogen-bond acceptors (Lipinski definition) is 6. The molecule has 0 saturated heterocycles. The van der Waals surface area contributed by atoms with Gasteiger partial charge in [0.25, 0.3) is 0 Å². The number of rotatable bonds is 11. The van der Waals surface area contributed by atoms with E-state index in [4.69, 9.17) is 10.8 Å². The number of nitrogens with two attached hydrogens (primary N) is 1. The van der Waals surface area contributed by atoms with Crippen LogP contribution in [0.1, 0.15) is 41.0 Å². The zero-order chi connectivity index (χ0) is 21.3. The molecule has 0 saturated carbocycles. The molecule has 4 atom stereocenters. The van der Waals surface area contributed by atoms with Crippen molar-refractivity contribution in [3.05, 3.63) is 0 Å². The molecule has 156 valence electrons. The van der Waals surface area contributed by atoms with Gasteiger partial charge in [-0.2, -0.15) is 12.6 Å². The van der Waals surface area contributed by atoms with Gasteiger partial charge in [-0.25, -0.2) is 4.79 Å². The molecule has 9 nitrogen and oxygen atoms in total. The van der Waals surface area contributed by atoms with Crippen LogP contribution in [0, 0.1) is 11.8 Å². The largest absolute Gasteiger partial charge is 0.480 e.